The van der Waals surface area contributed by atoms with Crippen molar-refractivity contribution in [1.29, 1.82) is 0 Å². The van der Waals surface area contributed by atoms with Crippen LogP contribution >= 0.6 is 0 Å². The van der Waals surface area contributed by atoms with Crippen molar-refractivity contribution in [2.75, 3.05) is 13.7 Å². The summed E-state index contributed by atoms with van der Waals surface area (Å²) in [4.78, 5) is 26.5. The Morgan fingerprint density at radius 2 is 2.12 bits per heavy atom. The minimum atomic E-state index is -0.738. The van der Waals surface area contributed by atoms with Crippen LogP contribution in [0.1, 0.15) is 39.5 Å². The number of cyclic esters (lactones) is 1. The monoisotopic (exact) mass is 361 g/mol. The Balaban J connectivity index is 1.60. The zero-order valence-electron chi connectivity index (χ0n) is 15.2. The van der Waals surface area contributed by atoms with E-state index in [1.165, 1.54) is 7.11 Å². The van der Waals surface area contributed by atoms with Crippen molar-refractivity contribution >= 4 is 11.9 Å². The molecule has 2 bridgehead atoms. The molecule has 5 aliphatic heterocycles. The van der Waals surface area contributed by atoms with Crippen LogP contribution in [0.4, 0.5) is 0 Å². The highest BCUT2D eigenvalue weighted by Crippen LogP contribution is 2.59. The summed E-state index contributed by atoms with van der Waals surface area (Å²) in [5.41, 5.74) is 0.442. The Labute approximate surface area is 151 Å². The van der Waals surface area contributed by atoms with Crippen molar-refractivity contribution < 1.29 is 28.5 Å². The number of rotatable bonds is 1. The molecule has 4 fully saturated rings. The number of piperidine rings is 1. The molecule has 2 unspecified atom stereocenters. The summed E-state index contributed by atoms with van der Waals surface area (Å²) in [6, 6.07) is 0.0278. The first-order valence-corrected chi connectivity index (χ1v) is 9.35. The van der Waals surface area contributed by atoms with Crippen molar-refractivity contribution in [1.82, 2.24) is 4.90 Å². The van der Waals surface area contributed by atoms with Gasteiger partial charge < -0.3 is 23.8 Å². The number of allylic oxidation sites excluding steroid dienone is 1. The molecule has 0 aromatic rings. The second-order valence-electron chi connectivity index (χ2n) is 7.85. The number of ether oxygens (including phenoxy) is 4. The Morgan fingerprint density at radius 1 is 1.31 bits per heavy atom. The van der Waals surface area contributed by atoms with E-state index in [-0.39, 0.29) is 29.9 Å². The molecule has 0 spiro atoms. The molecular formula is C19H23NO6. The van der Waals surface area contributed by atoms with Crippen LogP contribution in [0.15, 0.2) is 22.9 Å². The van der Waals surface area contributed by atoms with E-state index < -0.39 is 11.8 Å². The zero-order valence-corrected chi connectivity index (χ0v) is 15.2. The minimum Gasteiger partial charge on any atom is -0.492 e. The molecule has 26 heavy (non-hydrogen) atoms. The van der Waals surface area contributed by atoms with E-state index in [4.69, 9.17) is 18.9 Å². The largest absolute Gasteiger partial charge is 0.492 e. The molecule has 1 amide bonds. The van der Waals surface area contributed by atoms with Gasteiger partial charge in [-0.05, 0) is 19.8 Å². The fourth-order valence-corrected chi connectivity index (χ4v) is 5.49. The molecule has 0 saturated carbocycles. The molecule has 0 aliphatic carbocycles. The summed E-state index contributed by atoms with van der Waals surface area (Å²) < 4.78 is 23.7. The van der Waals surface area contributed by atoms with Crippen LogP contribution in [-0.4, -0.2) is 48.4 Å². The molecule has 7 nitrogen and oxygen atoms in total. The van der Waals surface area contributed by atoms with Crippen LogP contribution in [-0.2, 0) is 28.5 Å². The highest BCUT2D eigenvalue weighted by atomic mass is 16.7. The van der Waals surface area contributed by atoms with Gasteiger partial charge >= 0.3 is 5.97 Å². The molecule has 0 N–H and O–H groups in total. The minimum absolute atomic E-state index is 0.0253. The van der Waals surface area contributed by atoms with Crippen LogP contribution in [0.2, 0.25) is 0 Å². The number of esters is 1. The van der Waals surface area contributed by atoms with Gasteiger partial charge in [-0.3, -0.25) is 4.79 Å². The second kappa shape index (κ2) is 5.25. The van der Waals surface area contributed by atoms with Gasteiger partial charge in [0, 0.05) is 25.3 Å². The van der Waals surface area contributed by atoms with Crippen molar-refractivity contribution in [3.05, 3.63) is 22.9 Å². The lowest BCUT2D eigenvalue weighted by Crippen LogP contribution is -2.52. The number of carbonyl (C=O) groups is 2. The van der Waals surface area contributed by atoms with Crippen LogP contribution < -0.4 is 0 Å². The molecule has 4 saturated heterocycles. The van der Waals surface area contributed by atoms with Crippen LogP contribution in [0.5, 0.6) is 0 Å². The Kier molecular flexibility index (Phi) is 3.27. The maximum atomic E-state index is 12.5. The normalized spacial score (nSPS) is 44.0. The van der Waals surface area contributed by atoms with Crippen LogP contribution in [0.3, 0.4) is 0 Å². The number of amides is 1. The van der Waals surface area contributed by atoms with Crippen molar-refractivity contribution in [3.8, 4) is 0 Å². The van der Waals surface area contributed by atoms with E-state index in [0.29, 0.717) is 29.3 Å². The third kappa shape index (κ3) is 1.87. The molecule has 5 aliphatic rings. The van der Waals surface area contributed by atoms with E-state index in [1.54, 1.807) is 6.92 Å². The van der Waals surface area contributed by atoms with E-state index >= 15 is 0 Å². The molecule has 140 valence electrons. The van der Waals surface area contributed by atoms with Gasteiger partial charge in [0.2, 0.25) is 17.5 Å². The second-order valence-corrected chi connectivity index (χ2v) is 7.85. The molecule has 0 aromatic carbocycles. The maximum Gasteiger partial charge on any atom is 0.343 e. The fraction of sp³-hybridized carbons (Fsp3) is 0.684. The first-order valence-electron chi connectivity index (χ1n) is 9.35. The smallest absolute Gasteiger partial charge is 0.343 e. The number of nitrogens with zero attached hydrogens (tertiary/aromatic N) is 1. The fourth-order valence-electron chi connectivity index (χ4n) is 5.49. The molecule has 5 atom stereocenters. The summed E-state index contributed by atoms with van der Waals surface area (Å²) in [6.07, 6.45) is 2.88. The van der Waals surface area contributed by atoms with Crippen molar-refractivity contribution in [2.24, 2.45) is 11.8 Å². The van der Waals surface area contributed by atoms with Crippen LogP contribution in [0.25, 0.3) is 0 Å². The van der Waals surface area contributed by atoms with Crippen molar-refractivity contribution in [2.45, 2.75) is 57.5 Å². The molecule has 5 heterocycles. The summed E-state index contributed by atoms with van der Waals surface area (Å²) in [7, 11) is 1.52. The lowest BCUT2D eigenvalue weighted by atomic mass is 9.79. The zero-order chi connectivity index (χ0) is 18.2. The van der Waals surface area contributed by atoms with E-state index in [0.717, 1.165) is 25.8 Å². The highest BCUT2D eigenvalue weighted by molar-refractivity contribution is 5.93. The van der Waals surface area contributed by atoms with Crippen LogP contribution in [0, 0.1) is 11.8 Å². The first kappa shape index (κ1) is 16.2. The molecule has 0 aromatic heterocycles. The third-order valence-electron chi connectivity index (χ3n) is 6.57. The average Bonchev–Trinajstić information content (AvgIpc) is 3.12. The lowest BCUT2D eigenvalue weighted by molar-refractivity contribution is -0.211. The summed E-state index contributed by atoms with van der Waals surface area (Å²) in [6.45, 7) is 4.51. The predicted molar refractivity (Wildman–Crippen MR) is 88.1 cm³/mol. The number of hydrogen-bond donors (Lipinski definition) is 0. The molecule has 5 rings (SSSR count). The summed E-state index contributed by atoms with van der Waals surface area (Å²) >= 11 is 0. The number of carbonyl (C=O) groups excluding carboxylic acids is 2. The quantitative estimate of drug-likeness (QED) is 0.664. The van der Waals surface area contributed by atoms with E-state index in [9.17, 15) is 9.59 Å². The average molecular weight is 361 g/mol. The maximum absolute atomic E-state index is 12.5. The third-order valence-corrected chi connectivity index (χ3v) is 6.57. The first-order chi connectivity index (χ1) is 12.5. The van der Waals surface area contributed by atoms with Crippen molar-refractivity contribution in [3.63, 3.8) is 0 Å². The van der Waals surface area contributed by atoms with Gasteiger partial charge in [0.05, 0.1) is 30.7 Å². The standard InChI is InChI=1S/C19H23NO6/c1-9-13-14-11-5-6-12(21)20(14)8-4-7-19(13,25-11)26-16(9)17-15(23-3)10(2)18(22)24-17/h9,11,13-14H,4-8H2,1-3H3/b17-16-/t9-,11-,13?,14?,19+/m0/s1. The Morgan fingerprint density at radius 3 is 2.88 bits per heavy atom. The summed E-state index contributed by atoms with van der Waals surface area (Å²) in [5, 5.41) is 0. The van der Waals surface area contributed by atoms with E-state index in [1.807, 2.05) is 4.90 Å². The predicted octanol–water partition coefficient (Wildman–Crippen LogP) is 1.84. The molecule has 7 heteroatoms. The van der Waals surface area contributed by atoms with E-state index in [2.05, 4.69) is 6.92 Å². The Bertz CT molecular complexity index is 770. The molecular weight excluding hydrogens is 338 g/mol. The Hall–Kier alpha value is -2.02. The number of methoxy groups -OCH3 is 1. The van der Waals surface area contributed by atoms with Gasteiger partial charge in [0.15, 0.2) is 5.76 Å². The van der Waals surface area contributed by atoms with Gasteiger partial charge in [-0.15, -0.1) is 0 Å². The topological polar surface area (TPSA) is 74.3 Å². The van der Waals surface area contributed by atoms with Gasteiger partial charge in [-0.25, -0.2) is 4.79 Å². The van der Waals surface area contributed by atoms with Gasteiger partial charge in [0.25, 0.3) is 0 Å². The van der Waals surface area contributed by atoms with Gasteiger partial charge in [-0.2, -0.15) is 0 Å². The highest BCUT2D eigenvalue weighted by Gasteiger charge is 2.68. The SMILES string of the molecule is COC1=C(C)C(=O)O/C1=C1\O[C@@]23CCCN4C(=O)CC[C@H](O2)C4C3[C@@H]1C. The lowest BCUT2D eigenvalue weighted by Gasteiger charge is -2.39. The van der Waals surface area contributed by atoms with Gasteiger partial charge in [-0.1, -0.05) is 6.92 Å². The number of hydrogen-bond acceptors (Lipinski definition) is 6. The van der Waals surface area contributed by atoms with Gasteiger partial charge in [0.1, 0.15) is 5.76 Å². The molecule has 0 radical (unpaired) electrons. The summed E-state index contributed by atoms with van der Waals surface area (Å²) in [5.74, 6) is 0.471.